The number of H-pyrrole nitrogens is 1. The summed E-state index contributed by atoms with van der Waals surface area (Å²) in [6, 6.07) is 6.93. The minimum Gasteiger partial charge on any atom is -0.495 e. The van der Waals surface area contributed by atoms with Gasteiger partial charge in [0.1, 0.15) is 10.6 Å². The predicted octanol–water partition coefficient (Wildman–Crippen LogP) is 1.20. The van der Waals surface area contributed by atoms with Gasteiger partial charge in [0.05, 0.1) is 23.1 Å². The SMILES string of the molecule is COc1ccccc1NC(=O)c1sc2[nH]c(=O)n(CCC(N)=O)c(=O)c2c1C. The number of aromatic nitrogens is 2. The molecular formula is C18H18N4O5S. The number of thiophene rings is 1. The number of primary amides is 1. The maximum absolute atomic E-state index is 12.8. The molecule has 0 aliphatic heterocycles. The van der Waals surface area contributed by atoms with Crippen molar-refractivity contribution in [2.45, 2.75) is 19.9 Å². The number of nitrogens with two attached hydrogens (primary N) is 1. The van der Waals surface area contributed by atoms with E-state index in [9.17, 15) is 19.2 Å². The van der Waals surface area contributed by atoms with Crippen LogP contribution in [0.4, 0.5) is 5.69 Å². The summed E-state index contributed by atoms with van der Waals surface area (Å²) in [7, 11) is 1.49. The van der Waals surface area contributed by atoms with Gasteiger partial charge in [-0.05, 0) is 24.6 Å². The summed E-state index contributed by atoms with van der Waals surface area (Å²) in [6.45, 7) is 1.51. The highest BCUT2D eigenvalue weighted by atomic mass is 32.1. The van der Waals surface area contributed by atoms with Gasteiger partial charge in [-0.15, -0.1) is 11.3 Å². The van der Waals surface area contributed by atoms with Crippen LogP contribution in [0, 0.1) is 6.92 Å². The van der Waals surface area contributed by atoms with Crippen LogP contribution in [0.1, 0.15) is 21.7 Å². The second kappa shape index (κ2) is 7.69. The zero-order chi connectivity index (χ0) is 20.4. The first-order valence-corrected chi connectivity index (χ1v) is 9.14. The summed E-state index contributed by atoms with van der Waals surface area (Å²) in [6.07, 6.45) is -0.140. The Kier molecular flexibility index (Phi) is 5.32. The van der Waals surface area contributed by atoms with E-state index in [0.717, 1.165) is 15.9 Å². The predicted molar refractivity (Wildman–Crippen MR) is 106 cm³/mol. The minimum absolute atomic E-state index is 0.128. The van der Waals surface area contributed by atoms with Gasteiger partial charge in [0.25, 0.3) is 11.5 Å². The highest BCUT2D eigenvalue weighted by molar-refractivity contribution is 7.20. The van der Waals surface area contributed by atoms with E-state index in [0.29, 0.717) is 26.7 Å². The van der Waals surface area contributed by atoms with Crippen molar-refractivity contribution < 1.29 is 14.3 Å². The average Bonchev–Trinajstić information content (AvgIpc) is 2.98. The number of nitrogens with zero attached hydrogens (tertiary/aromatic N) is 1. The molecule has 0 atom stereocenters. The molecule has 2 heterocycles. The van der Waals surface area contributed by atoms with E-state index >= 15 is 0 Å². The van der Waals surface area contributed by atoms with E-state index in [2.05, 4.69) is 10.3 Å². The summed E-state index contributed by atoms with van der Waals surface area (Å²) in [5, 5.41) is 2.99. The lowest BCUT2D eigenvalue weighted by molar-refractivity contribution is -0.118. The molecule has 28 heavy (non-hydrogen) atoms. The molecule has 0 saturated carbocycles. The topological polar surface area (TPSA) is 136 Å². The molecule has 9 nitrogen and oxygen atoms in total. The number of carbonyl (C=O) groups is 2. The maximum atomic E-state index is 12.8. The molecule has 0 aliphatic carbocycles. The third-order valence-electron chi connectivity index (χ3n) is 4.21. The quantitative estimate of drug-likeness (QED) is 0.569. The molecule has 0 bridgehead atoms. The number of hydrogen-bond donors (Lipinski definition) is 3. The van der Waals surface area contributed by atoms with Crippen LogP contribution >= 0.6 is 11.3 Å². The van der Waals surface area contributed by atoms with Crippen molar-refractivity contribution in [3.8, 4) is 5.75 Å². The fourth-order valence-corrected chi connectivity index (χ4v) is 3.90. The fourth-order valence-electron chi connectivity index (χ4n) is 2.82. The van der Waals surface area contributed by atoms with Gasteiger partial charge in [-0.25, -0.2) is 4.79 Å². The second-order valence-corrected chi connectivity index (χ2v) is 7.04. The standard InChI is InChI=1S/C18H18N4O5S/c1-9-13-16(21-18(26)22(17(13)25)8-7-12(19)23)28-14(9)15(24)20-10-5-3-4-6-11(10)27-2/h3-6H,7-8H2,1-2H3,(H2,19,23)(H,20,24)(H,21,26). The number of fused-ring (bicyclic) bond motifs is 1. The zero-order valence-electron chi connectivity index (χ0n) is 15.2. The number of nitrogens with one attached hydrogen (secondary N) is 2. The molecule has 0 aliphatic rings. The van der Waals surface area contributed by atoms with Crippen molar-refractivity contribution in [3.63, 3.8) is 0 Å². The Labute approximate surface area is 162 Å². The van der Waals surface area contributed by atoms with Gasteiger partial charge in [0, 0.05) is 13.0 Å². The first-order valence-electron chi connectivity index (χ1n) is 8.32. The molecule has 0 saturated heterocycles. The molecule has 2 amide bonds. The fraction of sp³-hybridized carbons (Fsp3) is 0.222. The van der Waals surface area contributed by atoms with E-state index in [1.807, 2.05) is 0 Å². The summed E-state index contributed by atoms with van der Waals surface area (Å²) >= 11 is 1.01. The van der Waals surface area contributed by atoms with Crippen molar-refractivity contribution in [1.82, 2.24) is 9.55 Å². The Morgan fingerprint density at radius 2 is 2.00 bits per heavy atom. The summed E-state index contributed by atoms with van der Waals surface area (Å²) < 4.78 is 6.13. The summed E-state index contributed by atoms with van der Waals surface area (Å²) in [5.41, 5.74) is 4.81. The monoisotopic (exact) mass is 402 g/mol. The normalized spacial score (nSPS) is 10.8. The summed E-state index contributed by atoms with van der Waals surface area (Å²) in [5.74, 6) is -0.547. The van der Waals surface area contributed by atoms with E-state index in [1.54, 1.807) is 31.2 Å². The molecule has 10 heteroatoms. The van der Waals surface area contributed by atoms with Crippen LogP contribution in [0.5, 0.6) is 5.75 Å². The largest absolute Gasteiger partial charge is 0.495 e. The average molecular weight is 402 g/mol. The van der Waals surface area contributed by atoms with Crippen LogP contribution in [0.25, 0.3) is 10.2 Å². The molecule has 146 valence electrons. The van der Waals surface area contributed by atoms with Crippen LogP contribution in [0.3, 0.4) is 0 Å². The molecule has 4 N–H and O–H groups in total. The lowest BCUT2D eigenvalue weighted by atomic mass is 10.2. The number of ether oxygens (including phenoxy) is 1. The first kappa shape index (κ1) is 19.4. The van der Waals surface area contributed by atoms with Gasteiger partial charge in [-0.1, -0.05) is 12.1 Å². The maximum Gasteiger partial charge on any atom is 0.329 e. The van der Waals surface area contributed by atoms with Gasteiger partial charge in [-0.2, -0.15) is 0 Å². The molecule has 0 radical (unpaired) electrons. The highest BCUT2D eigenvalue weighted by Crippen LogP contribution is 2.29. The lowest BCUT2D eigenvalue weighted by Crippen LogP contribution is -2.36. The van der Waals surface area contributed by atoms with Crippen LogP contribution < -0.4 is 27.0 Å². The Morgan fingerprint density at radius 1 is 1.29 bits per heavy atom. The number of benzene rings is 1. The molecular weight excluding hydrogens is 384 g/mol. The molecule has 0 spiro atoms. The molecule has 0 unspecified atom stereocenters. The molecule has 3 rings (SSSR count). The number of hydrogen-bond acceptors (Lipinski definition) is 6. The third kappa shape index (κ3) is 3.54. The number of aromatic amines is 1. The Balaban J connectivity index is 2.03. The number of aryl methyl sites for hydroxylation is 1. The van der Waals surface area contributed by atoms with Crippen molar-refractivity contribution in [1.29, 1.82) is 0 Å². The van der Waals surface area contributed by atoms with Crippen molar-refractivity contribution in [3.05, 3.63) is 55.5 Å². The first-order chi connectivity index (χ1) is 13.3. The molecule has 0 fully saturated rings. The number of para-hydroxylation sites is 2. The Bertz CT molecular complexity index is 1190. The number of methoxy groups -OCH3 is 1. The minimum atomic E-state index is -0.656. The van der Waals surface area contributed by atoms with Crippen LogP contribution in [0.15, 0.2) is 33.9 Å². The highest BCUT2D eigenvalue weighted by Gasteiger charge is 2.21. The summed E-state index contributed by atoms with van der Waals surface area (Å²) in [4.78, 5) is 51.8. The van der Waals surface area contributed by atoms with Gasteiger partial charge < -0.3 is 15.8 Å². The zero-order valence-corrected chi connectivity index (χ0v) is 16.0. The number of carbonyl (C=O) groups excluding carboxylic acids is 2. The van der Waals surface area contributed by atoms with Crippen LogP contribution in [-0.4, -0.2) is 28.5 Å². The second-order valence-electron chi connectivity index (χ2n) is 6.02. The van der Waals surface area contributed by atoms with Crippen LogP contribution in [0.2, 0.25) is 0 Å². The van der Waals surface area contributed by atoms with Gasteiger partial charge in [0.15, 0.2) is 0 Å². The van der Waals surface area contributed by atoms with E-state index in [-0.39, 0.29) is 18.4 Å². The van der Waals surface area contributed by atoms with E-state index < -0.39 is 23.1 Å². The van der Waals surface area contributed by atoms with Crippen molar-refractivity contribution in [2.75, 3.05) is 12.4 Å². The van der Waals surface area contributed by atoms with Gasteiger partial charge in [-0.3, -0.25) is 23.9 Å². The Morgan fingerprint density at radius 3 is 2.68 bits per heavy atom. The van der Waals surface area contributed by atoms with Gasteiger partial charge >= 0.3 is 5.69 Å². The molecule has 1 aromatic carbocycles. The number of amides is 2. The third-order valence-corrected chi connectivity index (χ3v) is 5.42. The number of anilines is 1. The molecule has 3 aromatic rings. The lowest BCUT2D eigenvalue weighted by Gasteiger charge is -2.09. The van der Waals surface area contributed by atoms with E-state index in [4.69, 9.17) is 10.5 Å². The molecule has 2 aromatic heterocycles. The van der Waals surface area contributed by atoms with Crippen molar-refractivity contribution >= 4 is 39.1 Å². The number of rotatable bonds is 6. The van der Waals surface area contributed by atoms with Crippen molar-refractivity contribution in [2.24, 2.45) is 5.73 Å². The van der Waals surface area contributed by atoms with Crippen LogP contribution in [-0.2, 0) is 11.3 Å². The smallest absolute Gasteiger partial charge is 0.329 e. The Hall–Kier alpha value is -3.40. The van der Waals surface area contributed by atoms with E-state index in [1.165, 1.54) is 7.11 Å². The van der Waals surface area contributed by atoms with Gasteiger partial charge in [0.2, 0.25) is 5.91 Å².